The SMILES string of the molecule is CN(CCCl)C(=O)c1cc2sccc2s1. The van der Waals surface area contributed by atoms with Crippen LogP contribution in [0.5, 0.6) is 0 Å². The summed E-state index contributed by atoms with van der Waals surface area (Å²) in [7, 11) is 1.78. The molecular formula is C10H10ClNOS2. The van der Waals surface area contributed by atoms with Crippen molar-refractivity contribution in [2.24, 2.45) is 0 Å². The summed E-state index contributed by atoms with van der Waals surface area (Å²) < 4.78 is 2.37. The Morgan fingerprint density at radius 2 is 2.33 bits per heavy atom. The van der Waals surface area contributed by atoms with E-state index in [-0.39, 0.29) is 5.91 Å². The maximum Gasteiger partial charge on any atom is 0.263 e. The fourth-order valence-electron chi connectivity index (χ4n) is 1.29. The lowest BCUT2D eigenvalue weighted by atomic mass is 10.4. The number of amides is 1. The molecule has 2 rings (SSSR count). The molecule has 0 fully saturated rings. The minimum Gasteiger partial charge on any atom is -0.340 e. The van der Waals surface area contributed by atoms with Gasteiger partial charge in [0.05, 0.1) is 4.88 Å². The van der Waals surface area contributed by atoms with E-state index >= 15 is 0 Å². The normalized spacial score (nSPS) is 10.8. The van der Waals surface area contributed by atoms with Crippen molar-refractivity contribution in [2.45, 2.75) is 0 Å². The van der Waals surface area contributed by atoms with Gasteiger partial charge >= 0.3 is 0 Å². The van der Waals surface area contributed by atoms with E-state index in [0.717, 1.165) is 4.88 Å². The van der Waals surface area contributed by atoms with E-state index in [0.29, 0.717) is 12.4 Å². The van der Waals surface area contributed by atoms with Crippen LogP contribution in [0.4, 0.5) is 0 Å². The van der Waals surface area contributed by atoms with E-state index in [9.17, 15) is 4.79 Å². The highest BCUT2D eigenvalue weighted by atomic mass is 35.5. The van der Waals surface area contributed by atoms with E-state index < -0.39 is 0 Å². The number of fused-ring (bicyclic) bond motifs is 1. The predicted octanol–water partition coefficient (Wildman–Crippen LogP) is 3.27. The van der Waals surface area contributed by atoms with Crippen LogP contribution in [0.25, 0.3) is 9.40 Å². The number of carbonyl (C=O) groups excluding carboxylic acids is 1. The minimum absolute atomic E-state index is 0.0593. The molecule has 2 heterocycles. The molecule has 0 radical (unpaired) electrons. The average molecular weight is 260 g/mol. The second-order valence-corrected chi connectivity index (χ2v) is 5.58. The lowest BCUT2D eigenvalue weighted by Crippen LogP contribution is -2.27. The highest BCUT2D eigenvalue weighted by molar-refractivity contribution is 7.27. The summed E-state index contributed by atoms with van der Waals surface area (Å²) in [6.07, 6.45) is 0. The van der Waals surface area contributed by atoms with Gasteiger partial charge in [-0.15, -0.1) is 34.3 Å². The van der Waals surface area contributed by atoms with Gasteiger partial charge in [-0.3, -0.25) is 4.79 Å². The van der Waals surface area contributed by atoms with Gasteiger partial charge in [-0.2, -0.15) is 0 Å². The summed E-state index contributed by atoms with van der Waals surface area (Å²) in [5, 5.41) is 2.04. The van der Waals surface area contributed by atoms with E-state index in [1.165, 1.54) is 9.40 Å². The molecule has 0 atom stereocenters. The van der Waals surface area contributed by atoms with Gasteiger partial charge in [0.25, 0.3) is 5.91 Å². The van der Waals surface area contributed by atoms with Crippen LogP contribution in [0.15, 0.2) is 17.5 Å². The molecule has 15 heavy (non-hydrogen) atoms. The van der Waals surface area contributed by atoms with Crippen molar-refractivity contribution in [3.8, 4) is 0 Å². The number of alkyl halides is 1. The largest absolute Gasteiger partial charge is 0.340 e. The highest BCUT2D eigenvalue weighted by Crippen LogP contribution is 2.30. The summed E-state index contributed by atoms with van der Waals surface area (Å²) >= 11 is 8.80. The molecule has 0 unspecified atom stereocenters. The lowest BCUT2D eigenvalue weighted by Gasteiger charge is -2.13. The summed E-state index contributed by atoms with van der Waals surface area (Å²) in [5.74, 6) is 0.533. The third kappa shape index (κ3) is 2.17. The Kier molecular flexibility index (Phi) is 3.29. The second kappa shape index (κ2) is 4.51. The number of hydrogen-bond donors (Lipinski definition) is 0. The Bertz CT molecular complexity index is 448. The Morgan fingerprint density at radius 3 is 3.00 bits per heavy atom. The summed E-state index contributed by atoms with van der Waals surface area (Å²) in [4.78, 5) is 14.3. The van der Waals surface area contributed by atoms with E-state index in [1.54, 1.807) is 34.6 Å². The first-order chi connectivity index (χ1) is 7.22. The number of thiophene rings is 2. The van der Waals surface area contributed by atoms with Gasteiger partial charge in [-0.25, -0.2) is 0 Å². The maximum absolute atomic E-state index is 11.9. The number of nitrogens with zero attached hydrogens (tertiary/aromatic N) is 1. The van der Waals surface area contributed by atoms with Crippen molar-refractivity contribution in [3.63, 3.8) is 0 Å². The number of carbonyl (C=O) groups is 1. The molecule has 2 aromatic heterocycles. The van der Waals surface area contributed by atoms with Crippen LogP contribution in [0.2, 0.25) is 0 Å². The molecule has 5 heteroatoms. The summed E-state index contributed by atoms with van der Waals surface area (Å²) in [6.45, 7) is 0.589. The minimum atomic E-state index is 0.0593. The van der Waals surface area contributed by atoms with Crippen LogP contribution < -0.4 is 0 Å². The van der Waals surface area contributed by atoms with Crippen LogP contribution in [0.3, 0.4) is 0 Å². The van der Waals surface area contributed by atoms with E-state index in [1.807, 2.05) is 17.5 Å². The fourth-order valence-corrected chi connectivity index (χ4v) is 3.64. The van der Waals surface area contributed by atoms with Crippen LogP contribution in [-0.2, 0) is 0 Å². The van der Waals surface area contributed by atoms with Crippen molar-refractivity contribution < 1.29 is 4.79 Å². The third-order valence-corrected chi connectivity index (χ3v) is 4.37. The topological polar surface area (TPSA) is 20.3 Å². The molecule has 80 valence electrons. The quantitative estimate of drug-likeness (QED) is 0.775. The fraction of sp³-hybridized carbons (Fsp3) is 0.300. The van der Waals surface area contributed by atoms with Gasteiger partial charge in [-0.05, 0) is 17.5 Å². The third-order valence-electron chi connectivity index (χ3n) is 2.12. The molecular weight excluding hydrogens is 250 g/mol. The molecule has 0 aliphatic carbocycles. The first kappa shape index (κ1) is 10.9. The molecule has 2 nitrogen and oxygen atoms in total. The molecule has 0 saturated carbocycles. The zero-order valence-electron chi connectivity index (χ0n) is 8.20. The van der Waals surface area contributed by atoms with E-state index in [2.05, 4.69) is 0 Å². The van der Waals surface area contributed by atoms with Gasteiger partial charge in [0, 0.05) is 28.9 Å². The highest BCUT2D eigenvalue weighted by Gasteiger charge is 2.14. The smallest absolute Gasteiger partial charge is 0.263 e. The van der Waals surface area contributed by atoms with Crippen molar-refractivity contribution in [3.05, 3.63) is 22.4 Å². The van der Waals surface area contributed by atoms with Crippen molar-refractivity contribution in [1.82, 2.24) is 4.90 Å². The van der Waals surface area contributed by atoms with Gasteiger partial charge in [0.1, 0.15) is 0 Å². The molecule has 0 aliphatic heterocycles. The molecule has 0 saturated heterocycles. The Labute approximate surface area is 101 Å². The summed E-state index contributed by atoms with van der Waals surface area (Å²) in [5.41, 5.74) is 0. The lowest BCUT2D eigenvalue weighted by molar-refractivity contribution is 0.0808. The average Bonchev–Trinajstić information content (AvgIpc) is 2.75. The zero-order chi connectivity index (χ0) is 10.8. The van der Waals surface area contributed by atoms with Crippen LogP contribution in [-0.4, -0.2) is 30.3 Å². The predicted molar refractivity (Wildman–Crippen MR) is 67.4 cm³/mol. The Hall–Kier alpha value is -0.580. The standard InChI is InChI=1S/C10H10ClNOS2/c1-12(4-3-11)10(13)9-6-8-7(15-9)2-5-14-8/h2,5-6H,3-4H2,1H3. The van der Waals surface area contributed by atoms with E-state index in [4.69, 9.17) is 11.6 Å². The van der Waals surface area contributed by atoms with Crippen LogP contribution >= 0.6 is 34.3 Å². The maximum atomic E-state index is 11.9. The first-order valence-corrected chi connectivity index (χ1v) is 6.74. The molecule has 0 spiro atoms. The molecule has 0 aliphatic rings. The van der Waals surface area contributed by atoms with Crippen molar-refractivity contribution >= 4 is 49.6 Å². The van der Waals surface area contributed by atoms with Crippen LogP contribution in [0, 0.1) is 0 Å². The Morgan fingerprint density at radius 1 is 1.53 bits per heavy atom. The monoisotopic (exact) mass is 259 g/mol. The van der Waals surface area contributed by atoms with Gasteiger partial charge in [-0.1, -0.05) is 0 Å². The summed E-state index contributed by atoms with van der Waals surface area (Å²) in [6, 6.07) is 4.00. The molecule has 2 aromatic rings. The molecule has 0 N–H and O–H groups in total. The van der Waals surface area contributed by atoms with Gasteiger partial charge < -0.3 is 4.90 Å². The number of rotatable bonds is 3. The number of hydrogen-bond acceptors (Lipinski definition) is 3. The van der Waals surface area contributed by atoms with Crippen molar-refractivity contribution in [2.75, 3.05) is 19.5 Å². The van der Waals surface area contributed by atoms with Crippen molar-refractivity contribution in [1.29, 1.82) is 0 Å². The zero-order valence-corrected chi connectivity index (χ0v) is 10.6. The van der Waals surface area contributed by atoms with Crippen LogP contribution in [0.1, 0.15) is 9.67 Å². The Balaban J connectivity index is 2.23. The van der Waals surface area contributed by atoms with Gasteiger partial charge in [0.15, 0.2) is 0 Å². The van der Waals surface area contributed by atoms with Gasteiger partial charge in [0.2, 0.25) is 0 Å². The molecule has 0 aromatic carbocycles. The number of halogens is 1. The second-order valence-electron chi connectivity index (χ2n) is 3.18. The first-order valence-electron chi connectivity index (χ1n) is 4.51. The molecule has 0 bridgehead atoms. The molecule has 1 amide bonds.